The number of furan rings is 2. The van der Waals surface area contributed by atoms with E-state index in [0.29, 0.717) is 11.1 Å². The van der Waals surface area contributed by atoms with Crippen LogP contribution in [0.5, 0.6) is 0 Å². The predicted octanol–water partition coefficient (Wildman–Crippen LogP) is 24.1. The number of aryl methyl sites for hydroxylation is 4. The lowest BCUT2D eigenvalue weighted by Gasteiger charge is -2.26. The maximum Gasteiger partial charge on any atom is 0.222 e. The minimum atomic E-state index is -0.464. The van der Waals surface area contributed by atoms with Crippen LogP contribution in [0.25, 0.3) is 155 Å². The predicted molar refractivity (Wildman–Crippen MR) is 418 cm³/mol. The highest BCUT2D eigenvalue weighted by atomic mass is 35.5. The Morgan fingerprint density at radius 1 is 0.304 bits per heavy atom. The molecule has 0 saturated carbocycles. The normalized spacial score (nSPS) is 13.4. The first-order chi connectivity index (χ1) is 49.6. The lowest BCUT2D eigenvalue weighted by molar-refractivity contribution is -0.0272. The lowest BCUT2D eigenvalue weighted by atomic mass is 9.90. The van der Waals surface area contributed by atoms with Crippen molar-refractivity contribution < 1.29 is 18.5 Å². The van der Waals surface area contributed by atoms with Crippen molar-refractivity contribution in [3.8, 4) is 67.3 Å². The summed E-state index contributed by atoms with van der Waals surface area (Å²) < 4.78 is 17.8. The number of aromatic nitrogens is 6. The maximum atomic E-state index is 6.55. The first kappa shape index (κ1) is 63.5. The molecule has 1 saturated heterocycles. The van der Waals surface area contributed by atoms with Gasteiger partial charge in [-0.25, -0.2) is 29.6 Å². The Balaban J connectivity index is 0.000000127. The van der Waals surface area contributed by atoms with Gasteiger partial charge in [-0.2, -0.15) is 0 Å². The summed E-state index contributed by atoms with van der Waals surface area (Å²) >= 11 is 5.79. The van der Waals surface area contributed by atoms with Gasteiger partial charge in [0.05, 0.1) is 39.1 Å². The van der Waals surface area contributed by atoms with Crippen LogP contribution in [-0.4, -0.2) is 40.3 Å². The molecule has 0 amide bonds. The van der Waals surface area contributed by atoms with Crippen molar-refractivity contribution in [2.45, 2.75) is 66.6 Å². The molecule has 0 radical (unpaired) electrons. The molecular weight excluding hydrogens is 1280 g/mol. The van der Waals surface area contributed by atoms with E-state index in [4.69, 9.17) is 40.1 Å². The molecule has 0 aliphatic carbocycles. The van der Waals surface area contributed by atoms with E-state index in [1.54, 1.807) is 0 Å². The van der Waals surface area contributed by atoms with Crippen LogP contribution >= 0.6 is 11.6 Å². The molecule has 11 nitrogen and oxygen atoms in total. The Labute approximate surface area is 595 Å². The van der Waals surface area contributed by atoms with Gasteiger partial charge in [0.25, 0.3) is 0 Å². The Morgan fingerprint density at radius 3 is 1.10 bits per heavy atom. The van der Waals surface area contributed by atoms with Crippen LogP contribution < -0.4 is 5.23 Å². The smallest absolute Gasteiger partial charge is 0.222 e. The average molecular weight is 1350 g/mol. The second-order valence-corrected chi connectivity index (χ2v) is 27.5. The summed E-state index contributed by atoms with van der Waals surface area (Å²) in [6.07, 6.45) is 0. The number of hydrogen-bond donors (Lipinski definition) is 0. The average Bonchev–Trinajstić information content (AvgIpc) is 1.58. The summed E-state index contributed by atoms with van der Waals surface area (Å²) in [5.74, 6) is 0.707. The molecule has 102 heavy (non-hydrogen) atoms. The molecule has 496 valence electrons. The van der Waals surface area contributed by atoms with Crippen LogP contribution in [0.1, 0.15) is 50.5 Å². The molecule has 12 aromatic carbocycles. The quantitative estimate of drug-likeness (QED) is 0.137. The van der Waals surface area contributed by atoms with Gasteiger partial charge in [0.2, 0.25) is 5.28 Å². The van der Waals surface area contributed by atoms with E-state index >= 15 is 0 Å². The van der Waals surface area contributed by atoms with Crippen molar-refractivity contribution in [3.05, 3.63) is 307 Å². The fourth-order valence-corrected chi connectivity index (χ4v) is 14.9. The maximum absolute atomic E-state index is 6.55. The highest BCUT2D eigenvalue weighted by Crippen LogP contribution is 2.45. The van der Waals surface area contributed by atoms with Crippen molar-refractivity contribution >= 4 is 105 Å². The van der Waals surface area contributed by atoms with Crippen LogP contribution in [0.3, 0.4) is 0 Å². The third-order valence-electron chi connectivity index (χ3n) is 20.2. The fourth-order valence-electron chi connectivity index (χ4n) is 14.6. The van der Waals surface area contributed by atoms with E-state index in [1.807, 2.05) is 102 Å². The fraction of sp³-hybridized carbons (Fsp3) is 0.111. The molecule has 0 bridgehead atoms. The van der Waals surface area contributed by atoms with Gasteiger partial charge in [0.15, 0.2) is 5.82 Å². The van der Waals surface area contributed by atoms with Crippen molar-refractivity contribution in [1.29, 1.82) is 0 Å². The van der Waals surface area contributed by atoms with Gasteiger partial charge < -0.3 is 18.0 Å². The molecule has 12 heteroatoms. The van der Waals surface area contributed by atoms with Crippen molar-refractivity contribution in [1.82, 2.24) is 29.1 Å². The molecule has 1 aliphatic rings. The van der Waals surface area contributed by atoms with Crippen LogP contribution in [0.4, 0.5) is 5.69 Å². The third-order valence-corrected chi connectivity index (χ3v) is 20.3. The van der Waals surface area contributed by atoms with Crippen LogP contribution in [-0.2, 0) is 9.68 Å². The second-order valence-electron chi connectivity index (χ2n) is 27.1. The molecule has 7 heterocycles. The largest absolute Gasteiger partial charge is 0.456 e. The van der Waals surface area contributed by atoms with Crippen LogP contribution in [0, 0.1) is 27.7 Å². The topological polar surface area (TPSA) is 109 Å². The van der Waals surface area contributed by atoms with E-state index in [9.17, 15) is 0 Å². The van der Waals surface area contributed by atoms with Gasteiger partial charge in [-0.15, -0.1) is 5.23 Å². The van der Waals surface area contributed by atoms with E-state index in [1.165, 1.54) is 54.4 Å². The minimum absolute atomic E-state index is 0.310. The third kappa shape index (κ3) is 11.1. The van der Waals surface area contributed by atoms with Crippen molar-refractivity contribution in [2.24, 2.45) is 0 Å². The number of nitrogens with zero attached hydrogens (tertiary/aromatic N) is 7. The second kappa shape index (κ2) is 25.3. The van der Waals surface area contributed by atoms with Gasteiger partial charge >= 0.3 is 0 Å². The summed E-state index contributed by atoms with van der Waals surface area (Å²) in [4.78, 5) is 30.4. The van der Waals surface area contributed by atoms with Crippen LogP contribution in [0.15, 0.2) is 288 Å². The number of halogens is 1. The van der Waals surface area contributed by atoms with E-state index in [0.717, 1.165) is 128 Å². The summed E-state index contributed by atoms with van der Waals surface area (Å²) in [5.41, 5.74) is 23.9. The molecule has 1 aliphatic heterocycles. The number of anilines is 1. The summed E-state index contributed by atoms with van der Waals surface area (Å²) in [5, 5.41) is 11.1. The molecule has 6 aromatic heterocycles. The van der Waals surface area contributed by atoms with Crippen LogP contribution in [0.2, 0.25) is 5.28 Å². The first-order valence-electron chi connectivity index (χ1n) is 34.4. The monoisotopic (exact) mass is 1350 g/mol. The molecular formula is C90H70ClN7O4. The first-order valence-corrected chi connectivity index (χ1v) is 34.7. The summed E-state index contributed by atoms with van der Waals surface area (Å²) in [7, 11) is 0. The van der Waals surface area contributed by atoms with Gasteiger partial charge in [0, 0.05) is 99.7 Å². The van der Waals surface area contributed by atoms with Crippen molar-refractivity contribution in [2.75, 3.05) is 5.23 Å². The molecule has 18 aromatic rings. The zero-order chi connectivity index (χ0) is 69.5. The minimum Gasteiger partial charge on any atom is -0.456 e. The highest BCUT2D eigenvalue weighted by molar-refractivity contribution is 6.28. The van der Waals surface area contributed by atoms with Crippen molar-refractivity contribution in [3.63, 3.8) is 0 Å². The van der Waals surface area contributed by atoms with E-state index < -0.39 is 11.2 Å². The number of fused-ring (bicyclic) bond motifs is 12. The molecule has 0 spiro atoms. The molecule has 1 fully saturated rings. The standard InChI is InChI=1S/C42H29N3O.C36H30N2O3.C12H11ClN2/c1-26-40(28-12-5-3-6-13-28)27(2)44-42(43-26)30-21-23-35-34-22-20-29(24-38(34)46-39(35)25-30)32-17-11-18-36-33-16-9-10-19-37(33)45(41(32)36)31-14-7-4-8-15-31;1-35(2)36(3,4)41-38(40-35)25-18-20-29-28-19-17-23(21-32(28)39-33(29)22-25)26-14-10-15-30-27-13-8-9-16-31(27)37(34(26)30)24-11-6-5-7-12-24;1-8-11(9(2)15-12(13)14-8)10-6-4-3-5-7-10/h3-25H,1-2H3;5-22H,1-4H3;3-7H,1-2H3. The van der Waals surface area contributed by atoms with Gasteiger partial charge in [-0.05, 0) is 174 Å². The zero-order valence-corrected chi connectivity index (χ0v) is 58.5. The Kier molecular flexibility index (Phi) is 15.8. The van der Waals surface area contributed by atoms with Gasteiger partial charge in [-0.3, -0.25) is 0 Å². The molecule has 0 unspecified atom stereocenters. The van der Waals surface area contributed by atoms with E-state index in [2.05, 4.69) is 251 Å². The summed E-state index contributed by atoms with van der Waals surface area (Å²) in [6.45, 7) is 16.1. The summed E-state index contributed by atoms with van der Waals surface area (Å²) in [6, 6.07) is 97.5. The highest BCUT2D eigenvalue weighted by Gasteiger charge is 2.50. The lowest BCUT2D eigenvalue weighted by Crippen LogP contribution is -2.41. The Hall–Kier alpha value is -12.0. The molecule has 0 atom stereocenters. The van der Waals surface area contributed by atoms with Gasteiger partial charge in [-0.1, -0.05) is 188 Å². The molecule has 19 rings (SSSR count). The number of para-hydroxylation sites is 6. The number of benzene rings is 12. The Morgan fingerprint density at radius 2 is 0.657 bits per heavy atom. The van der Waals surface area contributed by atoms with E-state index in [-0.39, 0.29) is 0 Å². The Bertz CT molecular complexity index is 6210. The SMILES string of the molecule is CC1(C)ON(c2ccc3c(c2)oc2cc(-c4cccc5c6ccccc6n(-c6ccccc6)c45)ccc23)OC1(C)C.Cc1nc(-c2ccc3c(c2)oc2cc(-c4cccc5c6ccccc6n(-c6ccccc6)c45)ccc23)nc(C)c1-c1ccccc1.Cc1nc(Cl)nc(C)c1-c1ccccc1. The zero-order valence-electron chi connectivity index (χ0n) is 57.7. The van der Waals surface area contributed by atoms with Gasteiger partial charge in [0.1, 0.15) is 33.5 Å². The molecule has 0 N–H and O–H groups in total. The number of rotatable bonds is 8. The number of hydrogen-bond acceptors (Lipinski definition) is 9.